The quantitative estimate of drug-likeness (QED) is 0.519. The van der Waals surface area contributed by atoms with E-state index in [2.05, 4.69) is 4.81 Å². The number of hydrogen-bond donors (Lipinski definition) is 0. The second kappa shape index (κ2) is 10.1. The monoisotopic (exact) mass is 371 g/mol. The number of piperidine rings is 1. The molecule has 1 aliphatic heterocycles. The first-order chi connectivity index (χ1) is 12.1. The minimum Gasteiger partial charge on any atom is -0.464 e. The minimum absolute atomic E-state index is 0.0336. The molecular formula is C17H24BClFNO4. The first-order valence-electron chi connectivity index (χ1n) is 8.49. The van der Waals surface area contributed by atoms with E-state index in [-0.39, 0.29) is 24.2 Å². The number of ether oxygens (including phenoxy) is 2. The molecule has 2 atom stereocenters. The summed E-state index contributed by atoms with van der Waals surface area (Å²) in [5.41, 5.74) is 0.376. The normalized spacial score (nSPS) is 19.4. The molecule has 0 radical (unpaired) electrons. The third-order valence-corrected chi connectivity index (χ3v) is 4.55. The highest BCUT2D eigenvalue weighted by Gasteiger charge is 2.32. The second-order valence-electron chi connectivity index (χ2n) is 6.08. The van der Waals surface area contributed by atoms with Gasteiger partial charge in [-0.25, -0.2) is 9.18 Å². The highest BCUT2D eigenvalue weighted by atomic mass is 35.5. The van der Waals surface area contributed by atoms with E-state index in [0.29, 0.717) is 19.7 Å². The SMILES string of the molecule is CCOC(=O)COC(c1cccc(Cl)c1F)[C@@H]1CCCN(BOC)C1. The van der Waals surface area contributed by atoms with Crippen molar-refractivity contribution >= 4 is 25.2 Å². The Balaban J connectivity index is 2.19. The number of hydrogen-bond acceptors (Lipinski definition) is 5. The number of carbonyl (C=O) groups is 1. The van der Waals surface area contributed by atoms with Gasteiger partial charge in [-0.1, -0.05) is 23.7 Å². The first-order valence-corrected chi connectivity index (χ1v) is 8.87. The van der Waals surface area contributed by atoms with Crippen LogP contribution in [0.15, 0.2) is 18.2 Å². The van der Waals surface area contributed by atoms with Crippen molar-refractivity contribution in [2.24, 2.45) is 5.92 Å². The molecule has 2 rings (SSSR count). The van der Waals surface area contributed by atoms with Gasteiger partial charge in [0.2, 0.25) is 0 Å². The van der Waals surface area contributed by atoms with Gasteiger partial charge in [-0.15, -0.1) is 0 Å². The molecule has 0 aliphatic carbocycles. The molecule has 0 N–H and O–H groups in total. The maximum atomic E-state index is 14.6. The van der Waals surface area contributed by atoms with Crippen LogP contribution in [0.1, 0.15) is 31.4 Å². The van der Waals surface area contributed by atoms with E-state index >= 15 is 0 Å². The predicted molar refractivity (Wildman–Crippen MR) is 95.2 cm³/mol. The molecule has 8 heteroatoms. The van der Waals surface area contributed by atoms with Crippen molar-refractivity contribution in [3.8, 4) is 0 Å². The summed E-state index contributed by atoms with van der Waals surface area (Å²) in [6, 6.07) is 4.85. The van der Waals surface area contributed by atoms with Crippen LogP contribution in [-0.4, -0.2) is 51.8 Å². The number of esters is 1. The molecule has 1 unspecified atom stereocenters. The van der Waals surface area contributed by atoms with Crippen LogP contribution >= 0.6 is 11.6 Å². The average molecular weight is 372 g/mol. The van der Waals surface area contributed by atoms with Crippen LogP contribution in [0.2, 0.25) is 5.02 Å². The molecule has 0 amide bonds. The standard InChI is InChI=1S/C17H24BClFNO4/c1-3-24-15(22)11-25-17(13-7-4-8-14(19)16(13)20)12-6-5-9-21(10-12)18-23-2/h4,7-8,12,17-18H,3,5-6,9-11H2,1-2H3/t12-,17?/m1/s1. The molecule has 0 spiro atoms. The van der Waals surface area contributed by atoms with Crippen molar-refractivity contribution in [2.45, 2.75) is 25.9 Å². The molecule has 1 aromatic rings. The van der Waals surface area contributed by atoms with Gasteiger partial charge in [0.25, 0.3) is 0 Å². The molecule has 0 aromatic heterocycles. The van der Waals surface area contributed by atoms with E-state index in [1.165, 1.54) is 6.07 Å². The number of benzene rings is 1. The lowest BCUT2D eigenvalue weighted by Crippen LogP contribution is -2.41. The van der Waals surface area contributed by atoms with Crippen molar-refractivity contribution in [2.75, 3.05) is 33.4 Å². The fraction of sp³-hybridized carbons (Fsp3) is 0.588. The van der Waals surface area contributed by atoms with Crippen molar-refractivity contribution in [3.63, 3.8) is 0 Å². The largest absolute Gasteiger partial charge is 0.464 e. The highest BCUT2D eigenvalue weighted by molar-refractivity contribution is 6.30. The van der Waals surface area contributed by atoms with Gasteiger partial charge >= 0.3 is 13.6 Å². The fourth-order valence-corrected chi connectivity index (χ4v) is 3.40. The molecule has 0 bridgehead atoms. The van der Waals surface area contributed by atoms with Crippen LogP contribution in [0.4, 0.5) is 4.39 Å². The maximum absolute atomic E-state index is 14.6. The van der Waals surface area contributed by atoms with Crippen molar-refractivity contribution in [1.29, 1.82) is 0 Å². The molecule has 1 heterocycles. The third kappa shape index (κ3) is 5.67. The summed E-state index contributed by atoms with van der Waals surface area (Å²) >= 11 is 5.94. The Morgan fingerprint density at radius 3 is 3.04 bits per heavy atom. The lowest BCUT2D eigenvalue weighted by Gasteiger charge is -2.36. The molecule has 1 aromatic carbocycles. The summed E-state index contributed by atoms with van der Waals surface area (Å²) in [5, 5.41) is 0.0480. The van der Waals surface area contributed by atoms with Gasteiger partial charge in [0, 0.05) is 18.6 Å². The van der Waals surface area contributed by atoms with E-state index in [1.807, 2.05) is 0 Å². The zero-order valence-electron chi connectivity index (χ0n) is 14.7. The Bertz CT molecular complexity index is 576. The van der Waals surface area contributed by atoms with E-state index < -0.39 is 17.9 Å². The van der Waals surface area contributed by atoms with Crippen molar-refractivity contribution in [3.05, 3.63) is 34.6 Å². The van der Waals surface area contributed by atoms with E-state index in [1.54, 1.807) is 26.2 Å². The molecular weight excluding hydrogens is 347 g/mol. The molecule has 25 heavy (non-hydrogen) atoms. The van der Waals surface area contributed by atoms with Crippen LogP contribution in [0.25, 0.3) is 0 Å². The summed E-state index contributed by atoms with van der Waals surface area (Å²) < 4.78 is 30.5. The Kier molecular flexibility index (Phi) is 8.16. The summed E-state index contributed by atoms with van der Waals surface area (Å²) in [7, 11) is 2.16. The molecule has 5 nitrogen and oxygen atoms in total. The average Bonchev–Trinajstić information content (AvgIpc) is 2.59. The molecule has 0 saturated carbocycles. The fourth-order valence-electron chi connectivity index (χ4n) is 3.22. The van der Waals surface area contributed by atoms with Crippen LogP contribution in [-0.2, 0) is 18.9 Å². The van der Waals surface area contributed by atoms with E-state index in [4.69, 9.17) is 25.7 Å². The van der Waals surface area contributed by atoms with Gasteiger partial charge in [-0.3, -0.25) is 0 Å². The molecule has 1 aliphatic rings. The van der Waals surface area contributed by atoms with Crippen molar-refractivity contribution in [1.82, 2.24) is 4.81 Å². The number of halogens is 2. The topological polar surface area (TPSA) is 48.0 Å². The Hall–Kier alpha value is -1.15. The zero-order chi connectivity index (χ0) is 18.2. The van der Waals surface area contributed by atoms with Gasteiger partial charge in [0.15, 0.2) is 0 Å². The summed E-state index contributed by atoms with van der Waals surface area (Å²) in [6.07, 6.45) is 1.26. The second-order valence-corrected chi connectivity index (χ2v) is 6.48. The number of carbonyl (C=O) groups excluding carboxylic acids is 1. The zero-order valence-corrected chi connectivity index (χ0v) is 15.4. The van der Waals surface area contributed by atoms with Crippen LogP contribution in [0, 0.1) is 11.7 Å². The summed E-state index contributed by atoms with van der Waals surface area (Å²) in [4.78, 5) is 13.8. The smallest absolute Gasteiger partial charge is 0.363 e. The molecule has 138 valence electrons. The Morgan fingerprint density at radius 2 is 2.32 bits per heavy atom. The highest BCUT2D eigenvalue weighted by Crippen LogP contribution is 2.35. The third-order valence-electron chi connectivity index (χ3n) is 4.26. The van der Waals surface area contributed by atoms with Crippen LogP contribution < -0.4 is 0 Å². The van der Waals surface area contributed by atoms with Gasteiger partial charge in [0.1, 0.15) is 12.4 Å². The Labute approximate surface area is 153 Å². The first kappa shape index (κ1) is 20.2. The predicted octanol–water partition coefficient (Wildman–Crippen LogP) is 2.72. The minimum atomic E-state index is -0.567. The van der Waals surface area contributed by atoms with Crippen LogP contribution in [0.5, 0.6) is 0 Å². The molecule has 1 saturated heterocycles. The van der Waals surface area contributed by atoms with Gasteiger partial charge < -0.3 is 18.9 Å². The van der Waals surface area contributed by atoms with Crippen molar-refractivity contribution < 1.29 is 23.3 Å². The van der Waals surface area contributed by atoms with Gasteiger partial charge in [-0.05, 0) is 38.9 Å². The van der Waals surface area contributed by atoms with E-state index in [9.17, 15) is 9.18 Å². The maximum Gasteiger partial charge on any atom is 0.363 e. The lowest BCUT2D eigenvalue weighted by atomic mass is 9.86. The summed E-state index contributed by atoms with van der Waals surface area (Å²) in [5.74, 6) is -0.923. The van der Waals surface area contributed by atoms with Gasteiger partial charge in [-0.2, -0.15) is 0 Å². The lowest BCUT2D eigenvalue weighted by molar-refractivity contribution is -0.152. The van der Waals surface area contributed by atoms with E-state index in [0.717, 1.165) is 19.4 Å². The number of rotatable bonds is 8. The van der Waals surface area contributed by atoms with Gasteiger partial charge in [0.05, 0.1) is 17.7 Å². The number of nitrogens with zero attached hydrogens (tertiary/aromatic N) is 1. The summed E-state index contributed by atoms with van der Waals surface area (Å²) in [6.45, 7) is 3.42. The molecule has 1 fully saturated rings. The van der Waals surface area contributed by atoms with Crippen LogP contribution in [0.3, 0.4) is 0 Å². The Morgan fingerprint density at radius 1 is 1.52 bits per heavy atom.